The molecule has 0 spiro atoms. The van der Waals surface area contributed by atoms with Crippen molar-refractivity contribution < 1.29 is 5.11 Å². The molecule has 12 heavy (non-hydrogen) atoms. The van der Waals surface area contributed by atoms with Crippen molar-refractivity contribution in [2.24, 2.45) is 5.73 Å². The fourth-order valence-electron chi connectivity index (χ4n) is 0.780. The highest BCUT2D eigenvalue weighted by atomic mass is 16.3. The van der Waals surface area contributed by atoms with Crippen LogP contribution in [-0.2, 0) is 6.54 Å². The first-order chi connectivity index (χ1) is 5.61. The monoisotopic (exact) mass is 172 g/mol. The third-order valence-corrected chi connectivity index (χ3v) is 1.65. The second-order valence-corrected chi connectivity index (χ2v) is 2.72. The van der Waals surface area contributed by atoms with Crippen LogP contribution >= 0.6 is 0 Å². The molecule has 0 aromatic carbocycles. The topological polar surface area (TPSA) is 96.9 Å². The second-order valence-electron chi connectivity index (χ2n) is 2.72. The number of aliphatic hydroxyl groups excluding tert-OH is 1. The van der Waals surface area contributed by atoms with Gasteiger partial charge in [-0.1, -0.05) is 0 Å². The van der Waals surface area contributed by atoms with Crippen molar-refractivity contribution in [3.8, 4) is 0 Å². The van der Waals surface area contributed by atoms with Crippen molar-refractivity contribution >= 4 is 0 Å². The molecule has 0 radical (unpaired) electrons. The molecule has 1 aromatic heterocycles. The van der Waals surface area contributed by atoms with Gasteiger partial charge in [-0.25, -0.2) is 9.89 Å². The van der Waals surface area contributed by atoms with E-state index in [-0.39, 0.29) is 12.2 Å². The van der Waals surface area contributed by atoms with E-state index < -0.39 is 12.1 Å². The van der Waals surface area contributed by atoms with E-state index in [0.29, 0.717) is 0 Å². The van der Waals surface area contributed by atoms with Gasteiger partial charge in [-0.15, -0.1) is 0 Å². The molecule has 4 N–H and O–H groups in total. The highest BCUT2D eigenvalue weighted by Gasteiger charge is 2.10. The summed E-state index contributed by atoms with van der Waals surface area (Å²) in [5.74, 6) is 0. The molecule has 68 valence electrons. The maximum atomic E-state index is 10.9. The first-order valence-electron chi connectivity index (χ1n) is 3.64. The Bertz CT molecular complexity index is 290. The van der Waals surface area contributed by atoms with Crippen LogP contribution in [0.5, 0.6) is 0 Å². The minimum Gasteiger partial charge on any atom is -0.392 e. The average molecular weight is 172 g/mol. The lowest BCUT2D eigenvalue weighted by Crippen LogP contribution is -2.38. The second kappa shape index (κ2) is 3.51. The number of rotatable bonds is 3. The van der Waals surface area contributed by atoms with Crippen LogP contribution in [0.2, 0.25) is 0 Å². The van der Waals surface area contributed by atoms with Gasteiger partial charge in [0, 0.05) is 12.6 Å². The molecule has 2 atom stereocenters. The third kappa shape index (κ3) is 1.93. The van der Waals surface area contributed by atoms with Crippen LogP contribution in [0.1, 0.15) is 6.92 Å². The Hall–Kier alpha value is -1.14. The van der Waals surface area contributed by atoms with Gasteiger partial charge in [0.2, 0.25) is 0 Å². The maximum absolute atomic E-state index is 10.9. The van der Waals surface area contributed by atoms with E-state index in [1.165, 1.54) is 10.9 Å². The zero-order chi connectivity index (χ0) is 9.14. The maximum Gasteiger partial charge on any atom is 0.343 e. The fraction of sp³-hybridized carbons (Fsp3) is 0.667. The molecule has 0 saturated heterocycles. The van der Waals surface area contributed by atoms with Crippen LogP contribution < -0.4 is 11.4 Å². The van der Waals surface area contributed by atoms with Crippen molar-refractivity contribution in [2.45, 2.75) is 25.6 Å². The number of hydrogen-bond donors (Lipinski definition) is 3. The highest BCUT2D eigenvalue weighted by Crippen LogP contribution is 1.90. The van der Waals surface area contributed by atoms with Crippen molar-refractivity contribution in [3.05, 3.63) is 16.8 Å². The Kier molecular flexibility index (Phi) is 2.61. The van der Waals surface area contributed by atoms with E-state index in [9.17, 15) is 4.79 Å². The molecular formula is C6H12N4O2. The number of hydrogen-bond acceptors (Lipinski definition) is 4. The molecule has 1 rings (SSSR count). The average Bonchev–Trinajstić information content (AvgIpc) is 2.36. The van der Waals surface area contributed by atoms with Crippen molar-refractivity contribution in [1.29, 1.82) is 0 Å². The molecule has 1 heterocycles. The Balaban J connectivity index is 2.64. The lowest BCUT2D eigenvalue weighted by atomic mass is 10.2. The van der Waals surface area contributed by atoms with Crippen LogP contribution in [0.25, 0.3) is 0 Å². The fourth-order valence-corrected chi connectivity index (χ4v) is 0.780. The normalized spacial score (nSPS) is 15.9. The largest absolute Gasteiger partial charge is 0.392 e. The van der Waals surface area contributed by atoms with Crippen LogP contribution in [0.3, 0.4) is 0 Å². The molecule has 1 aromatic rings. The number of nitrogens with zero attached hydrogens (tertiary/aromatic N) is 2. The van der Waals surface area contributed by atoms with Crippen LogP contribution in [0.4, 0.5) is 0 Å². The van der Waals surface area contributed by atoms with Gasteiger partial charge < -0.3 is 10.8 Å². The van der Waals surface area contributed by atoms with Crippen molar-refractivity contribution in [3.63, 3.8) is 0 Å². The summed E-state index contributed by atoms with van der Waals surface area (Å²) in [5, 5.41) is 14.8. The van der Waals surface area contributed by atoms with Gasteiger partial charge in [-0.2, -0.15) is 5.10 Å². The Morgan fingerprint density at radius 1 is 1.92 bits per heavy atom. The van der Waals surface area contributed by atoms with Gasteiger partial charge in [0.1, 0.15) is 6.33 Å². The summed E-state index contributed by atoms with van der Waals surface area (Å²) in [6.07, 6.45) is 0.719. The Morgan fingerprint density at radius 3 is 3.00 bits per heavy atom. The number of H-pyrrole nitrogens is 1. The van der Waals surface area contributed by atoms with Crippen LogP contribution in [0.15, 0.2) is 11.1 Å². The van der Waals surface area contributed by atoms with E-state index in [0.717, 1.165) is 0 Å². The SMILES string of the molecule is CC(O)C(N)Cn1cn[nH]c1=O. The Labute approximate surface area is 69.0 Å². The van der Waals surface area contributed by atoms with Gasteiger partial charge in [0.15, 0.2) is 0 Å². The lowest BCUT2D eigenvalue weighted by molar-refractivity contribution is 0.154. The standard InChI is InChI=1S/C6H12N4O2/c1-4(11)5(7)2-10-3-8-9-6(10)12/h3-5,11H,2,7H2,1H3,(H,9,12). The van der Waals surface area contributed by atoms with Crippen molar-refractivity contribution in [1.82, 2.24) is 14.8 Å². The summed E-state index contributed by atoms with van der Waals surface area (Å²) in [7, 11) is 0. The van der Waals surface area contributed by atoms with Gasteiger partial charge in [-0.05, 0) is 6.92 Å². The molecule has 0 aliphatic heterocycles. The summed E-state index contributed by atoms with van der Waals surface area (Å²) < 4.78 is 1.32. The summed E-state index contributed by atoms with van der Waals surface area (Å²) in [4.78, 5) is 10.9. The molecule has 2 unspecified atom stereocenters. The number of nitrogens with two attached hydrogens (primary N) is 1. The number of nitrogens with one attached hydrogen (secondary N) is 1. The minimum atomic E-state index is -0.633. The van der Waals surface area contributed by atoms with Gasteiger partial charge in [-0.3, -0.25) is 4.57 Å². The van der Waals surface area contributed by atoms with Gasteiger partial charge >= 0.3 is 5.69 Å². The molecule has 0 amide bonds. The highest BCUT2D eigenvalue weighted by molar-refractivity contribution is 4.72. The molecular weight excluding hydrogens is 160 g/mol. The summed E-state index contributed by atoms with van der Waals surface area (Å²) in [6, 6.07) is -0.444. The summed E-state index contributed by atoms with van der Waals surface area (Å²) in [6.45, 7) is 1.85. The van der Waals surface area contributed by atoms with Crippen LogP contribution in [0, 0.1) is 0 Å². The number of aromatic amines is 1. The lowest BCUT2D eigenvalue weighted by Gasteiger charge is -2.13. The molecule has 0 fully saturated rings. The van der Waals surface area contributed by atoms with Gasteiger partial charge in [0.05, 0.1) is 6.10 Å². The molecule has 6 nitrogen and oxygen atoms in total. The third-order valence-electron chi connectivity index (χ3n) is 1.65. The number of aliphatic hydroxyl groups is 1. The van der Waals surface area contributed by atoms with Crippen LogP contribution in [-0.4, -0.2) is 32.0 Å². The summed E-state index contributed by atoms with van der Waals surface area (Å²) >= 11 is 0. The molecule has 0 aliphatic carbocycles. The molecule has 0 aliphatic rings. The van der Waals surface area contributed by atoms with E-state index in [4.69, 9.17) is 10.8 Å². The molecule has 6 heteroatoms. The zero-order valence-corrected chi connectivity index (χ0v) is 6.77. The van der Waals surface area contributed by atoms with E-state index >= 15 is 0 Å². The molecule has 0 bridgehead atoms. The Morgan fingerprint density at radius 2 is 2.58 bits per heavy atom. The van der Waals surface area contributed by atoms with E-state index in [2.05, 4.69) is 10.2 Å². The minimum absolute atomic E-state index is 0.271. The first kappa shape index (κ1) is 8.95. The quantitative estimate of drug-likeness (QED) is 0.505. The smallest absolute Gasteiger partial charge is 0.343 e. The van der Waals surface area contributed by atoms with Gasteiger partial charge in [0.25, 0.3) is 0 Å². The van der Waals surface area contributed by atoms with E-state index in [1.807, 2.05) is 0 Å². The summed E-state index contributed by atoms with van der Waals surface area (Å²) in [5.41, 5.74) is 5.21. The van der Waals surface area contributed by atoms with Crippen molar-refractivity contribution in [2.75, 3.05) is 0 Å². The predicted molar refractivity (Wildman–Crippen MR) is 42.5 cm³/mol. The zero-order valence-electron chi connectivity index (χ0n) is 6.77. The first-order valence-corrected chi connectivity index (χ1v) is 3.64. The number of aromatic nitrogens is 3. The van der Waals surface area contributed by atoms with E-state index in [1.54, 1.807) is 6.92 Å². The predicted octanol–water partition coefficient (Wildman–Crippen LogP) is -1.72. The molecule has 0 saturated carbocycles.